The summed E-state index contributed by atoms with van der Waals surface area (Å²) < 4.78 is 5.28. The minimum Gasteiger partial charge on any atom is -0.381 e. The predicted octanol–water partition coefficient (Wildman–Crippen LogP) is 3.10. The Morgan fingerprint density at radius 1 is 1.42 bits per heavy atom. The van der Waals surface area contributed by atoms with Crippen molar-refractivity contribution in [3.05, 3.63) is 38.9 Å². The Morgan fingerprint density at radius 3 is 2.63 bits per heavy atom. The molecule has 0 aliphatic carbocycles. The molecule has 5 nitrogen and oxygen atoms in total. The molecule has 19 heavy (non-hydrogen) atoms. The Morgan fingerprint density at radius 2 is 2.05 bits per heavy atom. The second-order valence-electron chi connectivity index (χ2n) is 4.44. The van der Waals surface area contributed by atoms with Crippen molar-refractivity contribution < 1.29 is 9.66 Å². The van der Waals surface area contributed by atoms with Crippen molar-refractivity contribution in [2.75, 3.05) is 13.2 Å². The van der Waals surface area contributed by atoms with Crippen molar-refractivity contribution in [1.82, 2.24) is 0 Å². The van der Waals surface area contributed by atoms with Gasteiger partial charge in [0.25, 0.3) is 5.69 Å². The monoisotopic (exact) mass is 306 g/mol. The largest absolute Gasteiger partial charge is 0.381 e. The fourth-order valence-electron chi connectivity index (χ4n) is 2.23. The number of nitrogens with zero attached hydrogens (tertiary/aromatic N) is 1. The summed E-state index contributed by atoms with van der Waals surface area (Å²) in [6, 6.07) is 4.13. The molecule has 1 heterocycles. The van der Waals surface area contributed by atoms with Gasteiger partial charge in [-0.1, -0.05) is 11.6 Å². The lowest BCUT2D eigenvalue weighted by atomic mass is 9.87. The van der Waals surface area contributed by atoms with Gasteiger partial charge in [-0.05, 0) is 30.4 Å². The Labute approximate surface area is 122 Å². The van der Waals surface area contributed by atoms with Crippen LogP contribution in [0.3, 0.4) is 0 Å². The van der Waals surface area contributed by atoms with E-state index >= 15 is 0 Å². The molecular weight excluding hydrogens is 291 g/mol. The first kappa shape index (κ1) is 16.2. The first-order valence-corrected chi connectivity index (χ1v) is 6.24. The number of ether oxygens (including phenoxy) is 1. The third-order valence-electron chi connectivity index (χ3n) is 3.32. The fourth-order valence-corrected chi connectivity index (χ4v) is 2.47. The van der Waals surface area contributed by atoms with E-state index in [0.29, 0.717) is 23.8 Å². The highest BCUT2D eigenvalue weighted by Gasteiger charge is 2.25. The van der Waals surface area contributed by atoms with E-state index in [2.05, 4.69) is 0 Å². The Balaban J connectivity index is 0.00000180. The van der Waals surface area contributed by atoms with Gasteiger partial charge in [0.05, 0.1) is 4.92 Å². The zero-order valence-corrected chi connectivity index (χ0v) is 11.8. The number of nitro groups is 1. The van der Waals surface area contributed by atoms with Crippen LogP contribution in [0.4, 0.5) is 5.69 Å². The quantitative estimate of drug-likeness (QED) is 0.687. The molecule has 1 fully saturated rings. The highest BCUT2D eigenvalue weighted by molar-refractivity contribution is 6.31. The Hall–Kier alpha value is -0.880. The first-order chi connectivity index (χ1) is 8.59. The van der Waals surface area contributed by atoms with E-state index < -0.39 is 4.92 Å². The molecule has 106 valence electrons. The smallest absolute Gasteiger partial charge is 0.269 e. The van der Waals surface area contributed by atoms with E-state index in [1.165, 1.54) is 18.2 Å². The summed E-state index contributed by atoms with van der Waals surface area (Å²) in [6.45, 7) is 1.37. The highest BCUT2D eigenvalue weighted by atomic mass is 35.5. The standard InChI is InChI=1S/C12H15ClN2O3.ClH/c13-11-2-1-9(15(16)17)7-10(11)12(14)8-3-5-18-6-4-8;/h1-2,7-8,12H,3-6,14H2;1H/t12-;/m0./s1. The van der Waals surface area contributed by atoms with Crippen molar-refractivity contribution in [1.29, 1.82) is 0 Å². The number of non-ortho nitro benzene ring substituents is 1. The molecule has 1 aliphatic heterocycles. The van der Waals surface area contributed by atoms with Crippen LogP contribution in [0.5, 0.6) is 0 Å². The lowest BCUT2D eigenvalue weighted by Crippen LogP contribution is -2.27. The molecule has 1 atom stereocenters. The van der Waals surface area contributed by atoms with Crippen LogP contribution in [0.1, 0.15) is 24.4 Å². The molecule has 1 saturated heterocycles. The van der Waals surface area contributed by atoms with E-state index in [9.17, 15) is 10.1 Å². The van der Waals surface area contributed by atoms with Crippen molar-refractivity contribution in [3.8, 4) is 0 Å². The summed E-state index contributed by atoms with van der Waals surface area (Å²) in [6.07, 6.45) is 1.72. The second kappa shape index (κ2) is 7.05. The molecule has 0 spiro atoms. The predicted molar refractivity (Wildman–Crippen MR) is 75.8 cm³/mol. The van der Waals surface area contributed by atoms with Crippen LogP contribution >= 0.6 is 24.0 Å². The van der Waals surface area contributed by atoms with Gasteiger partial charge in [-0.3, -0.25) is 10.1 Å². The first-order valence-electron chi connectivity index (χ1n) is 5.86. The average Bonchev–Trinajstić information content (AvgIpc) is 2.39. The molecule has 0 radical (unpaired) electrons. The van der Waals surface area contributed by atoms with Crippen LogP contribution in [-0.2, 0) is 4.74 Å². The van der Waals surface area contributed by atoms with E-state index in [-0.39, 0.29) is 30.1 Å². The van der Waals surface area contributed by atoms with E-state index in [0.717, 1.165) is 12.8 Å². The molecule has 1 aromatic carbocycles. The molecule has 2 rings (SSSR count). The molecule has 0 bridgehead atoms. The van der Waals surface area contributed by atoms with Crippen molar-refractivity contribution in [3.63, 3.8) is 0 Å². The van der Waals surface area contributed by atoms with E-state index in [4.69, 9.17) is 22.1 Å². The van der Waals surface area contributed by atoms with E-state index in [1.807, 2.05) is 0 Å². The zero-order chi connectivity index (χ0) is 13.1. The van der Waals surface area contributed by atoms with Crippen molar-refractivity contribution in [2.45, 2.75) is 18.9 Å². The van der Waals surface area contributed by atoms with Gasteiger partial charge in [0.2, 0.25) is 0 Å². The molecule has 0 saturated carbocycles. The van der Waals surface area contributed by atoms with Gasteiger partial charge in [0.1, 0.15) is 0 Å². The number of hydrogen-bond acceptors (Lipinski definition) is 4. The summed E-state index contributed by atoms with van der Waals surface area (Å²) >= 11 is 6.08. The maximum atomic E-state index is 10.8. The fraction of sp³-hybridized carbons (Fsp3) is 0.500. The van der Waals surface area contributed by atoms with Crippen LogP contribution < -0.4 is 5.73 Å². The Bertz CT molecular complexity index is 451. The zero-order valence-electron chi connectivity index (χ0n) is 10.3. The van der Waals surface area contributed by atoms with Crippen LogP contribution in [0, 0.1) is 16.0 Å². The van der Waals surface area contributed by atoms with Crippen molar-refractivity contribution >= 4 is 29.7 Å². The molecule has 0 amide bonds. The molecule has 7 heteroatoms. The van der Waals surface area contributed by atoms with Gasteiger partial charge in [-0.2, -0.15) is 0 Å². The second-order valence-corrected chi connectivity index (χ2v) is 4.85. The summed E-state index contributed by atoms with van der Waals surface area (Å²) in [7, 11) is 0. The molecule has 0 aromatic heterocycles. The number of nitrogens with two attached hydrogens (primary N) is 1. The normalized spacial score (nSPS) is 17.6. The summed E-state index contributed by atoms with van der Waals surface area (Å²) in [4.78, 5) is 10.3. The minimum atomic E-state index is -0.434. The lowest BCUT2D eigenvalue weighted by molar-refractivity contribution is -0.384. The molecule has 1 aliphatic rings. The molecular formula is C12H16Cl2N2O3. The number of hydrogen-bond donors (Lipinski definition) is 1. The van der Waals surface area contributed by atoms with Gasteiger partial charge >= 0.3 is 0 Å². The van der Waals surface area contributed by atoms with Gasteiger partial charge in [0, 0.05) is 36.4 Å². The summed E-state index contributed by atoms with van der Waals surface area (Å²) in [5.41, 5.74) is 6.85. The number of benzene rings is 1. The van der Waals surface area contributed by atoms with Gasteiger partial charge in [-0.25, -0.2) is 0 Å². The summed E-state index contributed by atoms with van der Waals surface area (Å²) in [5, 5.41) is 11.3. The van der Waals surface area contributed by atoms with Gasteiger partial charge < -0.3 is 10.5 Å². The number of rotatable bonds is 3. The number of halogens is 2. The Kier molecular flexibility index (Phi) is 6.00. The van der Waals surface area contributed by atoms with E-state index in [1.54, 1.807) is 0 Å². The van der Waals surface area contributed by atoms with Crippen molar-refractivity contribution in [2.24, 2.45) is 11.7 Å². The number of nitro benzene ring substituents is 1. The van der Waals surface area contributed by atoms with Crippen LogP contribution in [0.25, 0.3) is 0 Å². The van der Waals surface area contributed by atoms with Gasteiger partial charge in [-0.15, -0.1) is 12.4 Å². The average molecular weight is 307 g/mol. The van der Waals surface area contributed by atoms with Crippen LogP contribution in [0.2, 0.25) is 5.02 Å². The summed E-state index contributed by atoms with van der Waals surface area (Å²) in [5.74, 6) is 0.262. The third kappa shape index (κ3) is 3.79. The third-order valence-corrected chi connectivity index (χ3v) is 3.67. The topological polar surface area (TPSA) is 78.4 Å². The van der Waals surface area contributed by atoms with Crippen LogP contribution in [0.15, 0.2) is 18.2 Å². The maximum Gasteiger partial charge on any atom is 0.269 e. The molecule has 2 N–H and O–H groups in total. The lowest BCUT2D eigenvalue weighted by Gasteiger charge is -2.28. The molecule has 0 unspecified atom stereocenters. The maximum absolute atomic E-state index is 10.8. The highest BCUT2D eigenvalue weighted by Crippen LogP contribution is 2.33. The van der Waals surface area contributed by atoms with Crippen LogP contribution in [-0.4, -0.2) is 18.1 Å². The van der Waals surface area contributed by atoms with Gasteiger partial charge in [0.15, 0.2) is 0 Å². The molecule has 1 aromatic rings. The SMILES string of the molecule is Cl.N[C@H](c1cc([N+](=O)[O-])ccc1Cl)C1CCOCC1. The minimum absolute atomic E-state index is 0.